The summed E-state index contributed by atoms with van der Waals surface area (Å²) in [5.74, 6) is 0.910. The zero-order chi connectivity index (χ0) is 11.8. The monoisotopic (exact) mass is 226 g/mol. The van der Waals surface area contributed by atoms with Gasteiger partial charge in [0.2, 0.25) is 5.91 Å². The second-order valence-corrected chi connectivity index (χ2v) is 4.73. The number of hydrogen-bond acceptors (Lipinski definition) is 2. The quantitative estimate of drug-likeness (QED) is 0.720. The van der Waals surface area contributed by atoms with Gasteiger partial charge < -0.3 is 10.2 Å². The standard InChI is InChI=1S/C13H26N2O/c1-3-15(4-2)10-9-14-13(16)11-12-7-5-6-8-12/h12H,3-11H2,1-2H3,(H,14,16). The molecule has 0 unspecified atom stereocenters. The molecule has 3 heteroatoms. The van der Waals surface area contributed by atoms with E-state index in [9.17, 15) is 4.79 Å². The number of nitrogens with one attached hydrogen (secondary N) is 1. The van der Waals surface area contributed by atoms with Gasteiger partial charge in [-0.05, 0) is 31.8 Å². The third-order valence-corrected chi connectivity index (χ3v) is 3.59. The van der Waals surface area contributed by atoms with Gasteiger partial charge in [-0.15, -0.1) is 0 Å². The third kappa shape index (κ3) is 4.97. The number of carbonyl (C=O) groups excluding carboxylic acids is 1. The van der Waals surface area contributed by atoms with Crippen LogP contribution in [0, 0.1) is 5.92 Å². The number of rotatable bonds is 7. The van der Waals surface area contributed by atoms with E-state index in [4.69, 9.17) is 0 Å². The highest BCUT2D eigenvalue weighted by Gasteiger charge is 2.17. The maximum Gasteiger partial charge on any atom is 0.220 e. The van der Waals surface area contributed by atoms with E-state index < -0.39 is 0 Å². The molecular weight excluding hydrogens is 200 g/mol. The average molecular weight is 226 g/mol. The highest BCUT2D eigenvalue weighted by Crippen LogP contribution is 2.27. The van der Waals surface area contributed by atoms with Crippen LogP contribution in [0.5, 0.6) is 0 Å². The van der Waals surface area contributed by atoms with Crippen molar-refractivity contribution in [2.45, 2.75) is 46.0 Å². The van der Waals surface area contributed by atoms with Crippen molar-refractivity contribution >= 4 is 5.91 Å². The molecular formula is C13H26N2O. The molecule has 1 saturated carbocycles. The number of hydrogen-bond donors (Lipinski definition) is 1. The van der Waals surface area contributed by atoms with Crippen LogP contribution in [0.1, 0.15) is 46.0 Å². The van der Waals surface area contributed by atoms with Crippen molar-refractivity contribution in [1.82, 2.24) is 10.2 Å². The predicted molar refractivity (Wildman–Crippen MR) is 67.4 cm³/mol. The summed E-state index contributed by atoms with van der Waals surface area (Å²) in [6.45, 7) is 8.22. The van der Waals surface area contributed by atoms with Crippen LogP contribution in [-0.2, 0) is 4.79 Å². The molecule has 1 aliphatic carbocycles. The smallest absolute Gasteiger partial charge is 0.220 e. The summed E-state index contributed by atoms with van der Waals surface area (Å²) in [4.78, 5) is 14.0. The van der Waals surface area contributed by atoms with Gasteiger partial charge in [0.25, 0.3) is 0 Å². The summed E-state index contributed by atoms with van der Waals surface area (Å²) in [5, 5.41) is 3.03. The molecule has 0 bridgehead atoms. The first-order chi connectivity index (χ1) is 7.76. The molecule has 94 valence electrons. The number of amides is 1. The zero-order valence-electron chi connectivity index (χ0n) is 10.8. The molecule has 1 N–H and O–H groups in total. The van der Waals surface area contributed by atoms with Crippen molar-refractivity contribution in [3.05, 3.63) is 0 Å². The largest absolute Gasteiger partial charge is 0.355 e. The van der Waals surface area contributed by atoms with E-state index in [1.807, 2.05) is 0 Å². The van der Waals surface area contributed by atoms with Crippen LogP contribution in [0.4, 0.5) is 0 Å². The molecule has 0 heterocycles. The number of carbonyl (C=O) groups is 1. The van der Waals surface area contributed by atoms with Gasteiger partial charge in [0.05, 0.1) is 0 Å². The first-order valence-electron chi connectivity index (χ1n) is 6.75. The lowest BCUT2D eigenvalue weighted by atomic mass is 10.0. The minimum Gasteiger partial charge on any atom is -0.355 e. The van der Waals surface area contributed by atoms with Gasteiger partial charge in [-0.1, -0.05) is 26.7 Å². The Balaban J connectivity index is 2.05. The molecule has 1 amide bonds. The van der Waals surface area contributed by atoms with Crippen LogP contribution in [0.15, 0.2) is 0 Å². The van der Waals surface area contributed by atoms with Crippen molar-refractivity contribution < 1.29 is 4.79 Å². The van der Waals surface area contributed by atoms with E-state index in [1.54, 1.807) is 0 Å². The fraction of sp³-hybridized carbons (Fsp3) is 0.923. The fourth-order valence-electron chi connectivity index (χ4n) is 2.44. The molecule has 0 aliphatic heterocycles. The van der Waals surface area contributed by atoms with E-state index >= 15 is 0 Å². The van der Waals surface area contributed by atoms with Crippen LogP contribution in [0.3, 0.4) is 0 Å². The molecule has 3 nitrogen and oxygen atoms in total. The van der Waals surface area contributed by atoms with Crippen molar-refractivity contribution in [2.24, 2.45) is 5.92 Å². The summed E-state index contributed by atoms with van der Waals surface area (Å²) >= 11 is 0. The maximum atomic E-state index is 11.6. The lowest BCUT2D eigenvalue weighted by Gasteiger charge is -2.18. The van der Waals surface area contributed by atoms with Crippen LogP contribution in [0.2, 0.25) is 0 Å². The van der Waals surface area contributed by atoms with Crippen molar-refractivity contribution in [3.63, 3.8) is 0 Å². The van der Waals surface area contributed by atoms with Gasteiger partial charge in [-0.2, -0.15) is 0 Å². The summed E-state index contributed by atoms with van der Waals surface area (Å²) in [7, 11) is 0. The number of likely N-dealkylation sites (N-methyl/N-ethyl adjacent to an activating group) is 1. The molecule has 1 rings (SSSR count). The van der Waals surface area contributed by atoms with Crippen LogP contribution >= 0.6 is 0 Å². The highest BCUT2D eigenvalue weighted by molar-refractivity contribution is 5.76. The normalized spacial score (nSPS) is 16.9. The Labute approximate surface area is 99.6 Å². The Morgan fingerprint density at radius 3 is 2.44 bits per heavy atom. The first kappa shape index (κ1) is 13.5. The van der Waals surface area contributed by atoms with E-state index in [2.05, 4.69) is 24.1 Å². The molecule has 1 aliphatic rings. The Bertz CT molecular complexity index is 196. The van der Waals surface area contributed by atoms with Crippen LogP contribution in [0.25, 0.3) is 0 Å². The summed E-state index contributed by atoms with van der Waals surface area (Å²) in [6.07, 6.45) is 5.89. The molecule has 16 heavy (non-hydrogen) atoms. The minimum absolute atomic E-state index is 0.249. The Morgan fingerprint density at radius 1 is 1.25 bits per heavy atom. The summed E-state index contributed by atoms with van der Waals surface area (Å²) in [5.41, 5.74) is 0. The van der Waals surface area contributed by atoms with Gasteiger partial charge >= 0.3 is 0 Å². The molecule has 0 radical (unpaired) electrons. The van der Waals surface area contributed by atoms with E-state index in [-0.39, 0.29) is 5.91 Å². The topological polar surface area (TPSA) is 32.3 Å². The molecule has 0 aromatic carbocycles. The van der Waals surface area contributed by atoms with Gasteiger partial charge in [0, 0.05) is 19.5 Å². The van der Waals surface area contributed by atoms with E-state index in [1.165, 1.54) is 25.7 Å². The van der Waals surface area contributed by atoms with Crippen LogP contribution in [-0.4, -0.2) is 37.0 Å². The molecule has 0 aromatic heterocycles. The van der Waals surface area contributed by atoms with Crippen LogP contribution < -0.4 is 5.32 Å². The van der Waals surface area contributed by atoms with Gasteiger partial charge in [-0.3, -0.25) is 4.79 Å². The SMILES string of the molecule is CCN(CC)CCNC(=O)CC1CCCC1. The minimum atomic E-state index is 0.249. The highest BCUT2D eigenvalue weighted by atomic mass is 16.1. The first-order valence-corrected chi connectivity index (χ1v) is 6.75. The average Bonchev–Trinajstić information content (AvgIpc) is 2.77. The van der Waals surface area contributed by atoms with Gasteiger partial charge in [0.1, 0.15) is 0 Å². The van der Waals surface area contributed by atoms with E-state index in [0.29, 0.717) is 5.92 Å². The van der Waals surface area contributed by atoms with E-state index in [0.717, 1.165) is 32.6 Å². The molecule has 0 aromatic rings. The summed E-state index contributed by atoms with van der Waals surface area (Å²) < 4.78 is 0. The maximum absolute atomic E-state index is 11.6. The molecule has 1 fully saturated rings. The van der Waals surface area contributed by atoms with Crippen molar-refractivity contribution in [2.75, 3.05) is 26.2 Å². The fourth-order valence-corrected chi connectivity index (χ4v) is 2.44. The second kappa shape index (κ2) is 7.66. The Hall–Kier alpha value is -0.570. The summed E-state index contributed by atoms with van der Waals surface area (Å²) in [6, 6.07) is 0. The van der Waals surface area contributed by atoms with Gasteiger partial charge in [-0.25, -0.2) is 0 Å². The Kier molecular flexibility index (Phi) is 6.46. The third-order valence-electron chi connectivity index (χ3n) is 3.59. The number of nitrogens with zero attached hydrogens (tertiary/aromatic N) is 1. The predicted octanol–water partition coefficient (Wildman–Crippen LogP) is 2.02. The zero-order valence-corrected chi connectivity index (χ0v) is 10.8. The lowest BCUT2D eigenvalue weighted by Crippen LogP contribution is -2.35. The lowest BCUT2D eigenvalue weighted by molar-refractivity contribution is -0.122. The van der Waals surface area contributed by atoms with Crippen molar-refractivity contribution in [1.29, 1.82) is 0 Å². The molecule has 0 saturated heterocycles. The second-order valence-electron chi connectivity index (χ2n) is 4.73. The van der Waals surface area contributed by atoms with Gasteiger partial charge in [0.15, 0.2) is 0 Å². The Morgan fingerprint density at radius 2 is 1.88 bits per heavy atom. The molecule has 0 spiro atoms. The van der Waals surface area contributed by atoms with Crippen molar-refractivity contribution in [3.8, 4) is 0 Å². The molecule has 0 atom stereocenters.